The van der Waals surface area contributed by atoms with Gasteiger partial charge in [-0.2, -0.15) is 0 Å². The van der Waals surface area contributed by atoms with E-state index >= 15 is 0 Å². The molecule has 0 heterocycles. The van der Waals surface area contributed by atoms with Crippen molar-refractivity contribution >= 4 is 6.05 Å². The van der Waals surface area contributed by atoms with Gasteiger partial charge in [0.05, 0.1) is 8.22 Å². The van der Waals surface area contributed by atoms with Crippen LogP contribution in [0.15, 0.2) is 36.8 Å². The van der Waals surface area contributed by atoms with Crippen LogP contribution in [0.3, 0.4) is 0 Å². The van der Waals surface area contributed by atoms with Crippen LogP contribution >= 0.6 is 0 Å². The maximum atomic E-state index is 7.41. The molecule has 1 aromatic carbocycles. The molecular weight excluding hydrogens is 96.1 g/mol. The Bertz CT molecular complexity index is 380. The fourth-order valence-electron chi connectivity index (χ4n) is 0.338. The van der Waals surface area contributed by atoms with Crippen LogP contribution in [-0.2, 0) is 0 Å². The topological polar surface area (TPSA) is 0 Å². The highest BCUT2D eigenvalue weighted by Gasteiger charge is 1.75. The van der Waals surface area contributed by atoms with Crippen LogP contribution in [0, 0.1) is 0 Å². The van der Waals surface area contributed by atoms with Gasteiger partial charge < -0.3 is 0 Å². The van der Waals surface area contributed by atoms with E-state index in [0.29, 0.717) is 0 Å². The standard InChI is InChI=1S/C8H8/c1-2-8-6-4-3-5-7-8/h2-7H,1H2/i2T,3T,4T,5T,6T,7T. The molecule has 0 aliphatic rings. The normalized spacial score (nSPS) is 19.0. The van der Waals surface area contributed by atoms with Gasteiger partial charge in [-0.15, -0.1) is 0 Å². The Morgan fingerprint density at radius 3 is 2.62 bits per heavy atom. The molecule has 0 aliphatic carbocycles. The molecule has 0 saturated carbocycles. The minimum absolute atomic E-state index is 0.143. The minimum atomic E-state index is -0.454. The Hall–Kier alpha value is -1.04. The van der Waals surface area contributed by atoms with E-state index in [-0.39, 0.29) is 23.7 Å². The Kier molecular flexibility index (Phi) is 0.426. The molecule has 0 heteroatoms. The van der Waals surface area contributed by atoms with Crippen molar-refractivity contribution in [3.63, 3.8) is 0 Å². The fraction of sp³-hybridized carbons (Fsp3) is 0. The zero-order valence-electron chi connectivity index (χ0n) is 10.2. The number of hydrogen-bond donors (Lipinski definition) is 0. The Labute approximate surface area is 57.9 Å². The first-order valence-corrected chi connectivity index (χ1v) is 2.10. The van der Waals surface area contributed by atoms with Crippen molar-refractivity contribution in [1.29, 1.82) is 0 Å². The molecule has 0 saturated heterocycles. The van der Waals surface area contributed by atoms with Crippen LogP contribution in [0.25, 0.3) is 6.05 Å². The molecule has 0 amide bonds. The molecule has 0 unspecified atom stereocenters. The molecule has 40 valence electrons. The molecule has 0 spiro atoms. The van der Waals surface area contributed by atoms with Crippen LogP contribution in [0.2, 0.25) is 0 Å². The molecule has 0 aromatic heterocycles. The Morgan fingerprint density at radius 2 is 2.12 bits per heavy atom. The van der Waals surface area contributed by atoms with Gasteiger partial charge in [0.15, 0.2) is 0 Å². The van der Waals surface area contributed by atoms with Crippen LogP contribution in [0.1, 0.15) is 13.8 Å². The first-order valence-electron chi connectivity index (χ1n) is 5.10. The predicted octanol–water partition coefficient (Wildman–Crippen LogP) is 2.33. The highest BCUT2D eigenvalue weighted by molar-refractivity contribution is 5.45. The van der Waals surface area contributed by atoms with E-state index in [0.717, 1.165) is 0 Å². The van der Waals surface area contributed by atoms with Gasteiger partial charge in [-0.05, 0) is 5.56 Å². The first kappa shape index (κ1) is 1.47. The summed E-state index contributed by atoms with van der Waals surface area (Å²) in [7, 11) is 0. The van der Waals surface area contributed by atoms with Crippen LogP contribution in [0.5, 0.6) is 0 Å². The van der Waals surface area contributed by atoms with E-state index in [9.17, 15) is 0 Å². The molecule has 0 bridgehead atoms. The lowest BCUT2D eigenvalue weighted by Gasteiger charge is -1.85. The summed E-state index contributed by atoms with van der Waals surface area (Å²) in [5.74, 6) is 0. The summed E-state index contributed by atoms with van der Waals surface area (Å²) in [4.78, 5) is 0. The summed E-state index contributed by atoms with van der Waals surface area (Å²) in [6, 6.07) is -2.36. The molecule has 8 heavy (non-hydrogen) atoms. The lowest BCUT2D eigenvalue weighted by Crippen LogP contribution is -1.63. The molecule has 0 radical (unpaired) electrons. The minimum Gasteiger partial charge on any atom is -0.0985 e. The molecule has 1 rings (SSSR count). The largest absolute Gasteiger partial charge is 0.0985 e. The van der Waals surface area contributed by atoms with Crippen molar-refractivity contribution in [3.8, 4) is 0 Å². The van der Waals surface area contributed by atoms with Crippen molar-refractivity contribution in [2.75, 3.05) is 0 Å². The van der Waals surface area contributed by atoms with Crippen LogP contribution in [-0.4, -0.2) is 0 Å². The molecular formula is C8H8. The number of hydrogen-bond acceptors (Lipinski definition) is 0. The first-order chi connectivity index (χ1) is 6.37. The predicted molar refractivity (Wildman–Crippen MR) is 36.5 cm³/mol. The van der Waals surface area contributed by atoms with Gasteiger partial charge in [0, 0.05) is 0 Å². The zero-order valence-corrected chi connectivity index (χ0v) is 4.21. The third kappa shape index (κ3) is 0.969. The van der Waals surface area contributed by atoms with E-state index in [4.69, 9.17) is 8.22 Å². The molecule has 0 aliphatic heterocycles. The molecule has 0 atom stereocenters. The van der Waals surface area contributed by atoms with E-state index in [1.807, 2.05) is 0 Å². The summed E-state index contributed by atoms with van der Waals surface area (Å²) in [5, 5.41) is 0. The van der Waals surface area contributed by atoms with E-state index in [1.54, 1.807) is 0 Å². The smallest absolute Gasteiger partial charge is 0.0629 e. The van der Waals surface area contributed by atoms with Gasteiger partial charge >= 0.3 is 0 Å². The molecule has 0 fully saturated rings. The monoisotopic (exact) mass is 116 g/mol. The van der Waals surface area contributed by atoms with Crippen molar-refractivity contribution in [1.82, 2.24) is 0 Å². The second kappa shape index (κ2) is 2.31. The summed E-state index contributed by atoms with van der Waals surface area (Å²) in [6.07, 6.45) is 0. The lowest BCUT2D eigenvalue weighted by molar-refractivity contribution is 1.67. The quantitative estimate of drug-likeness (QED) is 0.528. The van der Waals surface area contributed by atoms with Crippen molar-refractivity contribution in [3.05, 3.63) is 42.4 Å². The highest BCUT2D eigenvalue weighted by Crippen LogP contribution is 1.97. The van der Waals surface area contributed by atoms with Gasteiger partial charge in [0.25, 0.3) is 0 Å². The van der Waals surface area contributed by atoms with Gasteiger partial charge in [0.2, 0.25) is 0 Å². The fourth-order valence-corrected chi connectivity index (χ4v) is 0.338. The zero-order chi connectivity index (χ0) is 11.0. The average molecular weight is 116 g/mol. The number of benzene rings is 1. The van der Waals surface area contributed by atoms with Gasteiger partial charge in [0.1, 0.15) is 0 Å². The van der Waals surface area contributed by atoms with Crippen molar-refractivity contribution in [2.45, 2.75) is 0 Å². The maximum Gasteiger partial charge on any atom is 0.0629 e. The second-order valence-electron chi connectivity index (χ2n) is 1.18. The second-order valence-corrected chi connectivity index (χ2v) is 1.18. The summed E-state index contributed by atoms with van der Waals surface area (Å²) in [5.41, 5.74) is -0.143. The average Bonchev–Trinajstić information content (AvgIpc) is 2.11. The SMILES string of the molecule is [3H]C(=C)c1c([3H])c([3H])c([3H])c([3H])c1[3H]. The lowest BCUT2D eigenvalue weighted by atomic mass is 10.2. The Balaban J connectivity index is 3.68. The van der Waals surface area contributed by atoms with Crippen molar-refractivity contribution in [2.24, 2.45) is 0 Å². The highest BCUT2D eigenvalue weighted by atomic mass is 13.8. The van der Waals surface area contributed by atoms with E-state index < -0.39 is 18.1 Å². The summed E-state index contributed by atoms with van der Waals surface area (Å²) in [6.45, 7) is 3.26. The molecule has 1 aromatic rings. The summed E-state index contributed by atoms with van der Waals surface area (Å²) < 4.78 is 43.9. The van der Waals surface area contributed by atoms with Crippen molar-refractivity contribution < 1.29 is 8.22 Å². The van der Waals surface area contributed by atoms with E-state index in [2.05, 4.69) is 6.58 Å². The van der Waals surface area contributed by atoms with Gasteiger partial charge in [-0.25, -0.2) is 0 Å². The van der Waals surface area contributed by atoms with Crippen LogP contribution in [0.4, 0.5) is 0 Å². The van der Waals surface area contributed by atoms with Gasteiger partial charge in [-0.3, -0.25) is 0 Å². The number of rotatable bonds is 1. The summed E-state index contributed by atoms with van der Waals surface area (Å²) >= 11 is 0. The third-order valence-corrected chi connectivity index (χ3v) is 0.677. The van der Waals surface area contributed by atoms with E-state index in [1.165, 1.54) is 0 Å². The molecule has 0 N–H and O–H groups in total. The molecule has 0 nitrogen and oxygen atoms in total. The van der Waals surface area contributed by atoms with Crippen LogP contribution < -0.4 is 0 Å². The Morgan fingerprint density at radius 1 is 1.50 bits per heavy atom. The maximum absolute atomic E-state index is 7.41. The third-order valence-electron chi connectivity index (χ3n) is 0.677. The van der Waals surface area contributed by atoms with Gasteiger partial charge in [-0.1, -0.05) is 42.8 Å².